The molecule has 112 valence electrons. The minimum absolute atomic E-state index is 0.147. The van der Waals surface area contributed by atoms with Crippen molar-refractivity contribution < 1.29 is 9.53 Å². The molecule has 4 heteroatoms. The maximum absolute atomic E-state index is 11.6. The van der Waals surface area contributed by atoms with E-state index in [1.54, 1.807) is 12.1 Å². The molecule has 1 saturated carbocycles. The molecule has 0 saturated heterocycles. The van der Waals surface area contributed by atoms with Crippen molar-refractivity contribution in [3.05, 3.63) is 29.8 Å². The van der Waals surface area contributed by atoms with E-state index in [0.717, 1.165) is 19.4 Å². The highest BCUT2D eigenvalue weighted by Crippen LogP contribution is 2.25. The molecule has 0 spiro atoms. The summed E-state index contributed by atoms with van der Waals surface area (Å²) in [5.41, 5.74) is 0.600. The Balaban J connectivity index is 1.52. The molecule has 0 heterocycles. The number of nitrogens with one attached hydrogen (secondary N) is 1. The zero-order valence-electron chi connectivity index (χ0n) is 12.3. The standard InChI is InChI=1S/C17H22N2O2/c18-12-15-7-4-8-16(11-15)21-10-2-1-9-17(20)19-13-14-5-3-6-14/h4,7-8,11,14H,1-3,5-6,9-10,13H2,(H,19,20). The van der Waals surface area contributed by atoms with Gasteiger partial charge in [-0.3, -0.25) is 4.79 Å². The predicted octanol–water partition coefficient (Wildman–Crippen LogP) is 3.02. The molecular formula is C17H22N2O2. The highest BCUT2D eigenvalue weighted by molar-refractivity contribution is 5.75. The molecule has 1 fully saturated rings. The molecule has 1 N–H and O–H groups in total. The molecule has 0 aromatic heterocycles. The van der Waals surface area contributed by atoms with Crippen LogP contribution in [0.25, 0.3) is 0 Å². The van der Waals surface area contributed by atoms with Crippen LogP contribution < -0.4 is 10.1 Å². The molecule has 0 atom stereocenters. The number of rotatable bonds is 8. The summed E-state index contributed by atoms with van der Waals surface area (Å²) in [6, 6.07) is 9.21. The minimum Gasteiger partial charge on any atom is -0.494 e. The van der Waals surface area contributed by atoms with Crippen molar-refractivity contribution in [2.75, 3.05) is 13.2 Å². The predicted molar refractivity (Wildman–Crippen MR) is 80.9 cm³/mol. The molecule has 4 nitrogen and oxygen atoms in total. The fourth-order valence-electron chi connectivity index (χ4n) is 2.28. The normalized spacial score (nSPS) is 14.0. The van der Waals surface area contributed by atoms with Gasteiger partial charge in [-0.15, -0.1) is 0 Å². The van der Waals surface area contributed by atoms with E-state index in [2.05, 4.69) is 11.4 Å². The Morgan fingerprint density at radius 3 is 2.95 bits per heavy atom. The van der Waals surface area contributed by atoms with E-state index in [1.165, 1.54) is 19.3 Å². The average molecular weight is 286 g/mol. The van der Waals surface area contributed by atoms with E-state index < -0.39 is 0 Å². The first kappa shape index (κ1) is 15.4. The average Bonchev–Trinajstić information content (AvgIpc) is 2.45. The number of benzene rings is 1. The second kappa shape index (κ2) is 8.31. The second-order valence-electron chi connectivity index (χ2n) is 5.55. The van der Waals surface area contributed by atoms with E-state index in [9.17, 15) is 4.79 Å². The van der Waals surface area contributed by atoms with Gasteiger partial charge >= 0.3 is 0 Å². The SMILES string of the molecule is N#Cc1cccc(OCCCCC(=O)NCC2CCC2)c1. The number of ether oxygens (including phenoxy) is 1. The summed E-state index contributed by atoms with van der Waals surface area (Å²) in [5.74, 6) is 1.57. The number of nitriles is 1. The number of hydrogen-bond acceptors (Lipinski definition) is 3. The van der Waals surface area contributed by atoms with Crippen molar-refractivity contribution in [3.63, 3.8) is 0 Å². The van der Waals surface area contributed by atoms with Crippen molar-refractivity contribution in [3.8, 4) is 11.8 Å². The van der Waals surface area contributed by atoms with Crippen LogP contribution >= 0.6 is 0 Å². The zero-order valence-corrected chi connectivity index (χ0v) is 12.3. The lowest BCUT2D eigenvalue weighted by atomic mass is 9.85. The van der Waals surface area contributed by atoms with Gasteiger partial charge in [0.25, 0.3) is 0 Å². The fraction of sp³-hybridized carbons (Fsp3) is 0.529. The van der Waals surface area contributed by atoms with Crippen LogP contribution in [0.5, 0.6) is 5.75 Å². The summed E-state index contributed by atoms with van der Waals surface area (Å²) in [7, 11) is 0. The summed E-state index contributed by atoms with van der Waals surface area (Å²) in [4.78, 5) is 11.6. The maximum Gasteiger partial charge on any atom is 0.220 e. The molecule has 21 heavy (non-hydrogen) atoms. The number of hydrogen-bond donors (Lipinski definition) is 1. The minimum atomic E-state index is 0.147. The van der Waals surface area contributed by atoms with Crippen molar-refractivity contribution >= 4 is 5.91 Å². The molecule has 0 aliphatic heterocycles. The number of carbonyl (C=O) groups is 1. The maximum atomic E-state index is 11.6. The molecule has 0 bridgehead atoms. The lowest BCUT2D eigenvalue weighted by molar-refractivity contribution is -0.121. The summed E-state index contributed by atoms with van der Waals surface area (Å²) >= 11 is 0. The van der Waals surface area contributed by atoms with Crippen LogP contribution in [0.15, 0.2) is 24.3 Å². The van der Waals surface area contributed by atoms with E-state index >= 15 is 0 Å². The number of carbonyl (C=O) groups excluding carboxylic acids is 1. The van der Waals surface area contributed by atoms with Gasteiger partial charge in [0.15, 0.2) is 0 Å². The summed E-state index contributed by atoms with van der Waals surface area (Å²) in [6.45, 7) is 1.42. The lowest BCUT2D eigenvalue weighted by Crippen LogP contribution is -2.31. The van der Waals surface area contributed by atoms with Crippen LogP contribution in [0.2, 0.25) is 0 Å². The van der Waals surface area contributed by atoms with Crippen LogP contribution in [0.4, 0.5) is 0 Å². The van der Waals surface area contributed by atoms with Gasteiger partial charge in [0.1, 0.15) is 5.75 Å². The van der Waals surface area contributed by atoms with Gasteiger partial charge in [-0.1, -0.05) is 12.5 Å². The van der Waals surface area contributed by atoms with Crippen LogP contribution in [-0.2, 0) is 4.79 Å². The molecule has 1 amide bonds. The van der Waals surface area contributed by atoms with Crippen LogP contribution in [0, 0.1) is 17.2 Å². The van der Waals surface area contributed by atoms with Crippen molar-refractivity contribution in [2.24, 2.45) is 5.92 Å². The molecule has 1 aliphatic rings. The molecule has 0 radical (unpaired) electrons. The van der Waals surface area contributed by atoms with Crippen LogP contribution in [-0.4, -0.2) is 19.1 Å². The Hall–Kier alpha value is -2.02. The first-order valence-electron chi connectivity index (χ1n) is 7.67. The molecule has 1 aromatic rings. The Morgan fingerprint density at radius 2 is 2.24 bits per heavy atom. The Morgan fingerprint density at radius 1 is 1.38 bits per heavy atom. The topological polar surface area (TPSA) is 62.1 Å². The largest absolute Gasteiger partial charge is 0.494 e. The van der Waals surface area contributed by atoms with Gasteiger partial charge < -0.3 is 10.1 Å². The second-order valence-corrected chi connectivity index (χ2v) is 5.55. The lowest BCUT2D eigenvalue weighted by Gasteiger charge is -2.25. The Kier molecular flexibility index (Phi) is 6.08. The first-order valence-corrected chi connectivity index (χ1v) is 7.67. The van der Waals surface area contributed by atoms with Gasteiger partial charge in [0, 0.05) is 13.0 Å². The van der Waals surface area contributed by atoms with Gasteiger partial charge in [0.05, 0.1) is 18.2 Å². The third-order valence-electron chi connectivity index (χ3n) is 3.84. The third-order valence-corrected chi connectivity index (χ3v) is 3.84. The Bertz CT molecular complexity index is 504. The van der Waals surface area contributed by atoms with Crippen molar-refractivity contribution in [1.82, 2.24) is 5.32 Å². The smallest absolute Gasteiger partial charge is 0.220 e. The summed E-state index contributed by atoms with van der Waals surface area (Å²) < 4.78 is 5.57. The van der Waals surface area contributed by atoms with Crippen molar-refractivity contribution in [2.45, 2.75) is 38.5 Å². The van der Waals surface area contributed by atoms with Crippen LogP contribution in [0.3, 0.4) is 0 Å². The Labute approximate surface area is 126 Å². The van der Waals surface area contributed by atoms with Gasteiger partial charge in [0.2, 0.25) is 5.91 Å². The quantitative estimate of drug-likeness (QED) is 0.747. The van der Waals surface area contributed by atoms with E-state index in [-0.39, 0.29) is 5.91 Å². The summed E-state index contributed by atoms with van der Waals surface area (Å²) in [6.07, 6.45) is 6.06. The number of unbranched alkanes of at least 4 members (excludes halogenated alkanes) is 1. The van der Waals surface area contributed by atoms with Crippen LogP contribution in [0.1, 0.15) is 44.1 Å². The van der Waals surface area contributed by atoms with Gasteiger partial charge in [-0.05, 0) is 49.8 Å². The highest BCUT2D eigenvalue weighted by atomic mass is 16.5. The van der Waals surface area contributed by atoms with Gasteiger partial charge in [-0.2, -0.15) is 5.26 Å². The van der Waals surface area contributed by atoms with Gasteiger partial charge in [-0.25, -0.2) is 0 Å². The first-order chi connectivity index (χ1) is 10.3. The van der Waals surface area contributed by atoms with E-state index in [1.807, 2.05) is 12.1 Å². The highest BCUT2D eigenvalue weighted by Gasteiger charge is 2.17. The molecule has 1 aliphatic carbocycles. The number of nitrogens with zero attached hydrogens (tertiary/aromatic N) is 1. The molecule has 0 unspecified atom stereocenters. The summed E-state index contributed by atoms with van der Waals surface area (Å²) in [5, 5.41) is 11.8. The van der Waals surface area contributed by atoms with Crippen molar-refractivity contribution in [1.29, 1.82) is 5.26 Å². The van der Waals surface area contributed by atoms with E-state index in [0.29, 0.717) is 30.3 Å². The zero-order chi connectivity index (χ0) is 14.9. The fourth-order valence-corrected chi connectivity index (χ4v) is 2.28. The molecule has 1 aromatic carbocycles. The monoisotopic (exact) mass is 286 g/mol. The number of amides is 1. The third kappa shape index (κ3) is 5.47. The molecule has 2 rings (SSSR count). The molecular weight excluding hydrogens is 264 g/mol. The van der Waals surface area contributed by atoms with E-state index in [4.69, 9.17) is 10.00 Å².